The molecule has 0 atom stereocenters. The van der Waals surface area contributed by atoms with Crippen molar-refractivity contribution in [1.82, 2.24) is 10.2 Å². The van der Waals surface area contributed by atoms with Crippen LogP contribution in [0.4, 0.5) is 0 Å². The minimum atomic E-state index is 0.826. The normalized spacial score (nSPS) is 11.7. The molecule has 0 amide bonds. The fourth-order valence-corrected chi connectivity index (χ4v) is 3.34. The second kappa shape index (κ2) is 9.08. The summed E-state index contributed by atoms with van der Waals surface area (Å²) in [4.78, 5) is 3.79. The third-order valence-corrected chi connectivity index (χ3v) is 4.54. The van der Waals surface area contributed by atoms with Crippen molar-refractivity contribution in [3.05, 3.63) is 20.8 Å². The highest BCUT2D eigenvalue weighted by Crippen LogP contribution is 2.20. The lowest BCUT2D eigenvalue weighted by molar-refractivity contribution is 0.326. The van der Waals surface area contributed by atoms with Crippen LogP contribution in [0.1, 0.15) is 31.6 Å². The maximum absolute atomic E-state index is 3.52. The van der Waals surface area contributed by atoms with Crippen molar-refractivity contribution in [2.45, 2.75) is 33.2 Å². The number of hydrogen-bond donors (Lipinski definition) is 1. The molecule has 4 heteroatoms. The lowest BCUT2D eigenvalue weighted by atomic mass is 10.1. The number of rotatable bonds is 9. The SMILES string of the molecule is CC(C)CCCNCCN(C)Cc1cc(Br)cs1. The first-order valence-corrected chi connectivity index (χ1v) is 8.37. The van der Waals surface area contributed by atoms with E-state index >= 15 is 0 Å². The van der Waals surface area contributed by atoms with Crippen LogP contribution in [-0.4, -0.2) is 31.6 Å². The first-order valence-electron chi connectivity index (χ1n) is 6.70. The molecule has 0 aliphatic rings. The van der Waals surface area contributed by atoms with E-state index in [-0.39, 0.29) is 0 Å². The molecule has 104 valence electrons. The van der Waals surface area contributed by atoms with Crippen LogP contribution in [-0.2, 0) is 6.54 Å². The van der Waals surface area contributed by atoms with Crippen molar-refractivity contribution < 1.29 is 0 Å². The Morgan fingerprint density at radius 2 is 2.17 bits per heavy atom. The van der Waals surface area contributed by atoms with Crippen LogP contribution in [0.5, 0.6) is 0 Å². The summed E-state index contributed by atoms with van der Waals surface area (Å²) in [5.74, 6) is 0.826. The predicted molar refractivity (Wildman–Crippen MR) is 85.3 cm³/mol. The summed E-state index contributed by atoms with van der Waals surface area (Å²) in [5.41, 5.74) is 0. The van der Waals surface area contributed by atoms with Gasteiger partial charge in [-0.05, 0) is 54.3 Å². The highest BCUT2D eigenvalue weighted by molar-refractivity contribution is 9.10. The number of nitrogens with zero attached hydrogens (tertiary/aromatic N) is 1. The van der Waals surface area contributed by atoms with E-state index in [1.165, 1.54) is 22.2 Å². The second-order valence-electron chi connectivity index (χ2n) is 5.26. The molecule has 0 bridgehead atoms. The molecule has 0 aliphatic heterocycles. The summed E-state index contributed by atoms with van der Waals surface area (Å²) in [6.45, 7) is 8.96. The average Bonchev–Trinajstić information content (AvgIpc) is 2.68. The molecule has 1 aromatic heterocycles. The smallest absolute Gasteiger partial charge is 0.0325 e. The van der Waals surface area contributed by atoms with Crippen molar-refractivity contribution in [3.63, 3.8) is 0 Å². The molecular weight excluding hydrogens is 308 g/mol. The first-order chi connectivity index (χ1) is 8.58. The molecule has 0 unspecified atom stereocenters. The maximum Gasteiger partial charge on any atom is 0.0325 e. The summed E-state index contributed by atoms with van der Waals surface area (Å²) in [6.07, 6.45) is 2.62. The summed E-state index contributed by atoms with van der Waals surface area (Å²) in [7, 11) is 2.18. The van der Waals surface area contributed by atoms with Crippen LogP contribution in [0, 0.1) is 5.92 Å². The highest BCUT2D eigenvalue weighted by atomic mass is 79.9. The van der Waals surface area contributed by atoms with Crippen LogP contribution in [0.25, 0.3) is 0 Å². The Bertz CT molecular complexity index is 325. The molecule has 0 radical (unpaired) electrons. The topological polar surface area (TPSA) is 15.3 Å². The Hall–Kier alpha value is 0.1000. The Labute approximate surface area is 124 Å². The zero-order valence-electron chi connectivity index (χ0n) is 11.7. The number of hydrogen-bond acceptors (Lipinski definition) is 3. The molecule has 0 fully saturated rings. The van der Waals surface area contributed by atoms with Gasteiger partial charge in [0.1, 0.15) is 0 Å². The minimum Gasteiger partial charge on any atom is -0.315 e. The summed E-state index contributed by atoms with van der Waals surface area (Å²) in [5, 5.41) is 5.66. The van der Waals surface area contributed by atoms with Crippen molar-refractivity contribution in [3.8, 4) is 0 Å². The minimum absolute atomic E-state index is 0.826. The van der Waals surface area contributed by atoms with Crippen LogP contribution in [0.15, 0.2) is 15.9 Å². The Morgan fingerprint density at radius 1 is 1.39 bits per heavy atom. The van der Waals surface area contributed by atoms with Gasteiger partial charge in [0.25, 0.3) is 0 Å². The molecule has 1 rings (SSSR count). The summed E-state index contributed by atoms with van der Waals surface area (Å²) in [6, 6.07) is 2.21. The van der Waals surface area contributed by atoms with Gasteiger partial charge in [-0.15, -0.1) is 11.3 Å². The number of thiophene rings is 1. The van der Waals surface area contributed by atoms with Gasteiger partial charge < -0.3 is 10.2 Å². The molecule has 0 aromatic carbocycles. The van der Waals surface area contributed by atoms with E-state index in [9.17, 15) is 0 Å². The van der Waals surface area contributed by atoms with E-state index in [0.29, 0.717) is 0 Å². The Morgan fingerprint density at radius 3 is 2.78 bits per heavy atom. The van der Waals surface area contributed by atoms with Gasteiger partial charge in [0, 0.05) is 34.4 Å². The van der Waals surface area contributed by atoms with Crippen molar-refractivity contribution in [1.29, 1.82) is 0 Å². The average molecular weight is 333 g/mol. The number of likely N-dealkylation sites (N-methyl/N-ethyl adjacent to an activating group) is 1. The van der Waals surface area contributed by atoms with E-state index < -0.39 is 0 Å². The lowest BCUT2D eigenvalue weighted by Gasteiger charge is -2.16. The van der Waals surface area contributed by atoms with Gasteiger partial charge in [-0.1, -0.05) is 13.8 Å². The molecule has 0 saturated heterocycles. The molecule has 1 heterocycles. The Balaban J connectivity index is 2.01. The van der Waals surface area contributed by atoms with Crippen molar-refractivity contribution in [2.24, 2.45) is 5.92 Å². The third-order valence-electron chi connectivity index (χ3n) is 2.85. The van der Waals surface area contributed by atoms with Gasteiger partial charge in [-0.25, -0.2) is 0 Å². The first kappa shape index (κ1) is 16.2. The van der Waals surface area contributed by atoms with Gasteiger partial charge in [0.2, 0.25) is 0 Å². The van der Waals surface area contributed by atoms with E-state index in [4.69, 9.17) is 0 Å². The fraction of sp³-hybridized carbons (Fsp3) is 0.714. The molecule has 1 aromatic rings. The standard InChI is InChI=1S/C14H25BrN2S/c1-12(2)5-4-6-16-7-8-17(3)10-14-9-13(15)11-18-14/h9,11-12,16H,4-8,10H2,1-3H3. The van der Waals surface area contributed by atoms with Gasteiger partial charge in [-0.3, -0.25) is 0 Å². The molecule has 2 nitrogen and oxygen atoms in total. The van der Waals surface area contributed by atoms with Crippen molar-refractivity contribution >= 4 is 27.3 Å². The van der Waals surface area contributed by atoms with E-state index in [2.05, 4.69) is 58.5 Å². The summed E-state index contributed by atoms with van der Waals surface area (Å²) < 4.78 is 1.20. The van der Waals surface area contributed by atoms with E-state index in [1.807, 2.05) is 11.3 Å². The van der Waals surface area contributed by atoms with Crippen LogP contribution < -0.4 is 5.32 Å². The molecule has 1 N–H and O–H groups in total. The predicted octanol–water partition coefficient (Wildman–Crippen LogP) is 3.97. The van der Waals surface area contributed by atoms with E-state index in [0.717, 1.165) is 32.1 Å². The van der Waals surface area contributed by atoms with Gasteiger partial charge in [0.15, 0.2) is 0 Å². The Kier molecular flexibility index (Phi) is 8.15. The number of halogens is 1. The quantitative estimate of drug-likeness (QED) is 0.688. The largest absolute Gasteiger partial charge is 0.315 e. The molecule has 0 saturated carbocycles. The molecular formula is C14H25BrN2S. The second-order valence-corrected chi connectivity index (χ2v) is 7.17. The maximum atomic E-state index is 3.52. The zero-order chi connectivity index (χ0) is 13.4. The van der Waals surface area contributed by atoms with Gasteiger partial charge >= 0.3 is 0 Å². The van der Waals surface area contributed by atoms with Crippen LogP contribution in [0.2, 0.25) is 0 Å². The van der Waals surface area contributed by atoms with Gasteiger partial charge in [0.05, 0.1) is 0 Å². The monoisotopic (exact) mass is 332 g/mol. The van der Waals surface area contributed by atoms with Crippen molar-refractivity contribution in [2.75, 3.05) is 26.7 Å². The third kappa shape index (κ3) is 7.52. The number of nitrogens with one attached hydrogen (secondary N) is 1. The lowest BCUT2D eigenvalue weighted by Crippen LogP contribution is -2.29. The van der Waals surface area contributed by atoms with E-state index in [1.54, 1.807) is 0 Å². The fourth-order valence-electron chi connectivity index (χ4n) is 1.81. The zero-order valence-corrected chi connectivity index (χ0v) is 14.1. The highest BCUT2D eigenvalue weighted by Gasteiger charge is 2.02. The molecule has 18 heavy (non-hydrogen) atoms. The molecule has 0 aliphatic carbocycles. The molecule has 0 spiro atoms. The summed E-state index contributed by atoms with van der Waals surface area (Å²) >= 11 is 5.31. The van der Waals surface area contributed by atoms with Gasteiger partial charge in [-0.2, -0.15) is 0 Å². The van der Waals surface area contributed by atoms with Crippen LogP contribution >= 0.6 is 27.3 Å². The van der Waals surface area contributed by atoms with Crippen LogP contribution in [0.3, 0.4) is 0 Å².